The smallest absolute Gasteiger partial charge is 0.244 e. The van der Waals surface area contributed by atoms with E-state index in [0.717, 1.165) is 32.2 Å². The maximum Gasteiger partial charge on any atom is 0.244 e. The zero-order valence-electron chi connectivity index (χ0n) is 11.1. The average Bonchev–Trinajstić information content (AvgIpc) is 2.71. The van der Waals surface area contributed by atoms with Crippen LogP contribution in [0.3, 0.4) is 0 Å². The Morgan fingerprint density at radius 2 is 2.11 bits per heavy atom. The van der Waals surface area contributed by atoms with Crippen molar-refractivity contribution in [3.8, 4) is 0 Å². The second kappa shape index (κ2) is 5.26. The molecule has 3 N–H and O–H groups in total. The van der Waals surface area contributed by atoms with Crippen molar-refractivity contribution >= 4 is 11.8 Å². The Kier molecular flexibility index (Phi) is 3.90. The van der Waals surface area contributed by atoms with E-state index in [1.54, 1.807) is 11.9 Å². The minimum atomic E-state index is -0.431. The number of rotatable bonds is 3. The first-order valence-corrected chi connectivity index (χ1v) is 6.85. The summed E-state index contributed by atoms with van der Waals surface area (Å²) in [5, 5.41) is 2.91. The van der Waals surface area contributed by atoms with Gasteiger partial charge in [-0.15, -0.1) is 0 Å². The molecular weight excluding hydrogens is 230 g/mol. The molecule has 5 heteroatoms. The standard InChI is InChI=1S/C13H23N3O2/c1-16-8-5-10(11(16)17)15-12(18)13(9-14)6-3-2-4-7-13/h10H,2-9,14H2,1H3,(H,15,18). The summed E-state index contributed by atoms with van der Waals surface area (Å²) >= 11 is 0. The van der Waals surface area contributed by atoms with Gasteiger partial charge in [-0.3, -0.25) is 9.59 Å². The van der Waals surface area contributed by atoms with E-state index in [0.29, 0.717) is 13.0 Å². The molecule has 0 bridgehead atoms. The molecule has 5 nitrogen and oxygen atoms in total. The second-order valence-corrected chi connectivity index (χ2v) is 5.62. The van der Waals surface area contributed by atoms with Crippen molar-refractivity contribution in [1.29, 1.82) is 0 Å². The summed E-state index contributed by atoms with van der Waals surface area (Å²) in [5.74, 6) is 0.00433. The molecule has 2 rings (SSSR count). The number of hydrogen-bond acceptors (Lipinski definition) is 3. The number of likely N-dealkylation sites (N-methyl/N-ethyl adjacent to an activating group) is 1. The molecule has 0 aromatic rings. The molecule has 1 aliphatic carbocycles. The van der Waals surface area contributed by atoms with E-state index in [9.17, 15) is 9.59 Å². The number of likely N-dealkylation sites (tertiary alicyclic amines) is 1. The van der Waals surface area contributed by atoms with Crippen molar-refractivity contribution in [1.82, 2.24) is 10.2 Å². The molecule has 0 radical (unpaired) electrons. The van der Waals surface area contributed by atoms with Gasteiger partial charge < -0.3 is 16.0 Å². The summed E-state index contributed by atoms with van der Waals surface area (Å²) in [4.78, 5) is 25.9. The monoisotopic (exact) mass is 253 g/mol. The summed E-state index contributed by atoms with van der Waals surface area (Å²) in [5.41, 5.74) is 5.39. The van der Waals surface area contributed by atoms with Gasteiger partial charge in [0.2, 0.25) is 11.8 Å². The van der Waals surface area contributed by atoms with Gasteiger partial charge in [-0.2, -0.15) is 0 Å². The molecule has 1 saturated heterocycles. The summed E-state index contributed by atoms with van der Waals surface area (Å²) in [6, 6.07) is -0.340. The van der Waals surface area contributed by atoms with Gasteiger partial charge in [-0.25, -0.2) is 0 Å². The van der Waals surface area contributed by atoms with Gasteiger partial charge in [-0.05, 0) is 19.3 Å². The molecule has 1 unspecified atom stereocenters. The van der Waals surface area contributed by atoms with Crippen LogP contribution in [0.2, 0.25) is 0 Å². The summed E-state index contributed by atoms with van der Waals surface area (Å²) in [6.45, 7) is 1.11. The lowest BCUT2D eigenvalue weighted by molar-refractivity contribution is -0.137. The highest BCUT2D eigenvalue weighted by Gasteiger charge is 2.41. The normalized spacial score (nSPS) is 27.3. The number of carbonyl (C=O) groups is 2. The Balaban J connectivity index is 2.00. The molecule has 1 atom stereocenters. The number of amides is 2. The van der Waals surface area contributed by atoms with Crippen molar-refractivity contribution in [3.63, 3.8) is 0 Å². The van der Waals surface area contributed by atoms with Crippen LogP contribution in [0.4, 0.5) is 0 Å². The average molecular weight is 253 g/mol. The highest BCUT2D eigenvalue weighted by Crippen LogP contribution is 2.35. The largest absolute Gasteiger partial charge is 0.344 e. The number of carbonyl (C=O) groups excluding carboxylic acids is 2. The zero-order chi connectivity index (χ0) is 13.2. The van der Waals surface area contributed by atoms with Gasteiger partial charge in [0.25, 0.3) is 0 Å². The molecule has 2 fully saturated rings. The van der Waals surface area contributed by atoms with Crippen LogP contribution in [0.5, 0.6) is 0 Å². The van der Waals surface area contributed by atoms with Gasteiger partial charge in [0.1, 0.15) is 6.04 Å². The Morgan fingerprint density at radius 1 is 1.44 bits per heavy atom. The summed E-state index contributed by atoms with van der Waals surface area (Å²) in [7, 11) is 1.77. The lowest BCUT2D eigenvalue weighted by Crippen LogP contribution is -2.51. The Morgan fingerprint density at radius 3 is 2.61 bits per heavy atom. The number of nitrogens with two attached hydrogens (primary N) is 1. The van der Waals surface area contributed by atoms with Crippen LogP contribution in [0.25, 0.3) is 0 Å². The van der Waals surface area contributed by atoms with E-state index in [1.165, 1.54) is 6.42 Å². The fraction of sp³-hybridized carbons (Fsp3) is 0.846. The predicted molar refractivity (Wildman–Crippen MR) is 68.8 cm³/mol. The maximum absolute atomic E-state index is 12.4. The van der Waals surface area contributed by atoms with Crippen LogP contribution in [0.1, 0.15) is 38.5 Å². The fourth-order valence-electron chi connectivity index (χ4n) is 3.02. The second-order valence-electron chi connectivity index (χ2n) is 5.62. The van der Waals surface area contributed by atoms with Crippen LogP contribution in [0.15, 0.2) is 0 Å². The van der Waals surface area contributed by atoms with E-state index in [2.05, 4.69) is 5.32 Å². The Labute approximate surface area is 108 Å². The highest BCUT2D eigenvalue weighted by atomic mass is 16.2. The lowest BCUT2D eigenvalue weighted by Gasteiger charge is -2.35. The highest BCUT2D eigenvalue weighted by molar-refractivity contribution is 5.91. The molecule has 2 aliphatic rings. The van der Waals surface area contributed by atoms with Gasteiger partial charge in [0.05, 0.1) is 5.41 Å². The van der Waals surface area contributed by atoms with E-state index in [-0.39, 0.29) is 17.9 Å². The van der Waals surface area contributed by atoms with Gasteiger partial charge in [0, 0.05) is 20.1 Å². The maximum atomic E-state index is 12.4. The van der Waals surface area contributed by atoms with E-state index in [1.807, 2.05) is 0 Å². The zero-order valence-corrected chi connectivity index (χ0v) is 11.1. The minimum Gasteiger partial charge on any atom is -0.344 e. The number of nitrogens with zero attached hydrogens (tertiary/aromatic N) is 1. The summed E-state index contributed by atoms with van der Waals surface area (Å²) < 4.78 is 0. The molecule has 0 aromatic carbocycles. The molecule has 1 heterocycles. The fourth-order valence-corrected chi connectivity index (χ4v) is 3.02. The van der Waals surface area contributed by atoms with Crippen molar-refractivity contribution in [2.75, 3.05) is 20.1 Å². The molecule has 0 spiro atoms. The third-order valence-corrected chi connectivity index (χ3v) is 4.42. The number of nitrogens with one attached hydrogen (secondary N) is 1. The van der Waals surface area contributed by atoms with Crippen molar-refractivity contribution in [2.45, 2.75) is 44.6 Å². The first-order valence-electron chi connectivity index (χ1n) is 6.85. The van der Waals surface area contributed by atoms with Gasteiger partial charge in [0.15, 0.2) is 0 Å². The molecule has 1 aliphatic heterocycles. The van der Waals surface area contributed by atoms with Crippen molar-refractivity contribution < 1.29 is 9.59 Å². The third-order valence-electron chi connectivity index (χ3n) is 4.42. The van der Waals surface area contributed by atoms with Gasteiger partial charge in [-0.1, -0.05) is 19.3 Å². The van der Waals surface area contributed by atoms with Crippen LogP contribution in [0, 0.1) is 5.41 Å². The van der Waals surface area contributed by atoms with Crippen LogP contribution < -0.4 is 11.1 Å². The van der Waals surface area contributed by atoms with Crippen LogP contribution in [-0.4, -0.2) is 42.9 Å². The molecule has 102 valence electrons. The summed E-state index contributed by atoms with van der Waals surface area (Å²) in [6.07, 6.45) is 5.71. The Bertz CT molecular complexity index is 337. The van der Waals surface area contributed by atoms with Crippen molar-refractivity contribution in [3.05, 3.63) is 0 Å². The quantitative estimate of drug-likeness (QED) is 0.756. The molecule has 2 amide bonds. The van der Waals surface area contributed by atoms with Gasteiger partial charge >= 0.3 is 0 Å². The topological polar surface area (TPSA) is 75.4 Å². The predicted octanol–water partition coefficient (Wildman–Crippen LogP) is 0.243. The minimum absolute atomic E-state index is 0.0154. The van der Waals surface area contributed by atoms with E-state index < -0.39 is 5.41 Å². The van der Waals surface area contributed by atoms with Crippen molar-refractivity contribution in [2.24, 2.45) is 11.1 Å². The van der Waals surface area contributed by atoms with Crippen LogP contribution in [-0.2, 0) is 9.59 Å². The molecular formula is C13H23N3O2. The molecule has 1 saturated carbocycles. The first kappa shape index (κ1) is 13.3. The SMILES string of the molecule is CN1CCC(NC(=O)C2(CN)CCCCC2)C1=O. The van der Waals surface area contributed by atoms with Crippen LogP contribution >= 0.6 is 0 Å². The first-order chi connectivity index (χ1) is 8.59. The molecule has 0 aromatic heterocycles. The van der Waals surface area contributed by atoms with E-state index in [4.69, 9.17) is 5.73 Å². The van der Waals surface area contributed by atoms with E-state index >= 15 is 0 Å². The Hall–Kier alpha value is -1.10. The lowest BCUT2D eigenvalue weighted by atomic mass is 9.73. The molecule has 18 heavy (non-hydrogen) atoms. The number of hydrogen-bond donors (Lipinski definition) is 2. The third kappa shape index (κ3) is 2.36.